The van der Waals surface area contributed by atoms with Crippen molar-refractivity contribution >= 4 is 21.7 Å². The Bertz CT molecular complexity index is 585. The lowest BCUT2D eigenvalue weighted by Crippen LogP contribution is -2.21. The van der Waals surface area contributed by atoms with E-state index in [1.165, 1.54) is 18.2 Å². The van der Waals surface area contributed by atoms with E-state index in [9.17, 15) is 12.8 Å². The second kappa shape index (κ2) is 6.70. The fourth-order valence-electron chi connectivity index (χ4n) is 1.14. The molecule has 104 valence electrons. The van der Waals surface area contributed by atoms with Crippen molar-refractivity contribution in [2.75, 3.05) is 19.5 Å². The number of hydrogen-bond acceptors (Lipinski definition) is 5. The maximum absolute atomic E-state index is 13.3. The van der Waals surface area contributed by atoms with Gasteiger partial charge in [-0.2, -0.15) is 13.7 Å². The van der Waals surface area contributed by atoms with Gasteiger partial charge in [0.2, 0.25) is 0 Å². The van der Waals surface area contributed by atoms with Gasteiger partial charge in [0.15, 0.2) is 6.17 Å². The van der Waals surface area contributed by atoms with E-state index in [0.29, 0.717) is 5.02 Å². The van der Waals surface area contributed by atoms with Gasteiger partial charge in [-0.05, 0) is 18.2 Å². The monoisotopic (exact) mass is 307 g/mol. The first-order valence-corrected chi connectivity index (χ1v) is 7.32. The molecule has 0 heterocycles. The van der Waals surface area contributed by atoms with Crippen LogP contribution in [0.25, 0.3) is 0 Å². The molecule has 1 rings (SSSR count). The minimum atomic E-state index is -3.69. The highest BCUT2D eigenvalue weighted by Gasteiger charge is 2.13. The number of halogens is 2. The normalized spacial score (nSPS) is 12.7. The molecule has 0 N–H and O–H groups in total. The van der Waals surface area contributed by atoms with Gasteiger partial charge in [0.25, 0.3) is 10.1 Å². The highest BCUT2D eigenvalue weighted by atomic mass is 35.5. The molecule has 0 aliphatic carbocycles. The number of ether oxygens (including phenoxy) is 1. The van der Waals surface area contributed by atoms with Crippen molar-refractivity contribution in [2.24, 2.45) is 0 Å². The average Bonchev–Trinajstić information content (AvgIpc) is 2.33. The number of benzene rings is 1. The van der Waals surface area contributed by atoms with Crippen LogP contribution in [0.4, 0.5) is 4.39 Å². The summed E-state index contributed by atoms with van der Waals surface area (Å²) < 4.78 is 44.0. The molecule has 5 nitrogen and oxygen atoms in total. The second-order valence-corrected chi connectivity index (χ2v) is 5.73. The summed E-state index contributed by atoms with van der Waals surface area (Å²) in [6.45, 7) is -1.06. The largest absolute Gasteiger partial charge is 0.489 e. The van der Waals surface area contributed by atoms with Gasteiger partial charge in [0.1, 0.15) is 25.0 Å². The van der Waals surface area contributed by atoms with Crippen molar-refractivity contribution in [3.63, 3.8) is 0 Å². The van der Waals surface area contributed by atoms with E-state index in [2.05, 4.69) is 4.18 Å². The highest BCUT2D eigenvalue weighted by molar-refractivity contribution is 7.85. The fourth-order valence-corrected chi connectivity index (χ4v) is 1.71. The van der Waals surface area contributed by atoms with Crippen molar-refractivity contribution in [3.05, 3.63) is 28.8 Å². The van der Waals surface area contributed by atoms with Gasteiger partial charge in [-0.1, -0.05) is 11.6 Å². The van der Waals surface area contributed by atoms with Gasteiger partial charge in [-0.15, -0.1) is 0 Å². The van der Waals surface area contributed by atoms with E-state index in [1.54, 1.807) is 0 Å². The number of hydrogen-bond donors (Lipinski definition) is 0. The van der Waals surface area contributed by atoms with E-state index in [0.717, 1.165) is 6.26 Å². The van der Waals surface area contributed by atoms with Gasteiger partial charge >= 0.3 is 0 Å². The van der Waals surface area contributed by atoms with Gasteiger partial charge in [0, 0.05) is 5.02 Å². The van der Waals surface area contributed by atoms with Crippen LogP contribution in [-0.4, -0.2) is 34.1 Å². The first kappa shape index (κ1) is 15.7. The Labute approximate surface area is 115 Å². The molecule has 0 spiro atoms. The molecule has 1 aromatic carbocycles. The van der Waals surface area contributed by atoms with Gasteiger partial charge in [-0.3, -0.25) is 4.18 Å². The Hall–Kier alpha value is -1.36. The van der Waals surface area contributed by atoms with Crippen LogP contribution in [0.1, 0.15) is 5.56 Å². The van der Waals surface area contributed by atoms with E-state index in [4.69, 9.17) is 21.6 Å². The molecule has 0 aliphatic rings. The molecule has 0 unspecified atom stereocenters. The van der Waals surface area contributed by atoms with Crippen molar-refractivity contribution in [1.82, 2.24) is 0 Å². The molecule has 0 bridgehead atoms. The summed E-state index contributed by atoms with van der Waals surface area (Å²) in [5.74, 6) is 0.175. The zero-order chi connectivity index (χ0) is 14.5. The first-order chi connectivity index (χ1) is 8.81. The van der Waals surface area contributed by atoms with E-state index in [1.807, 2.05) is 6.07 Å². The molecule has 0 aliphatic heterocycles. The van der Waals surface area contributed by atoms with E-state index in [-0.39, 0.29) is 11.3 Å². The third-order valence-corrected chi connectivity index (χ3v) is 2.74. The minimum absolute atomic E-state index is 0.170. The Kier molecular flexibility index (Phi) is 5.54. The average molecular weight is 308 g/mol. The summed E-state index contributed by atoms with van der Waals surface area (Å²) in [6, 6.07) is 6.18. The van der Waals surface area contributed by atoms with Gasteiger partial charge in [0.05, 0.1) is 11.8 Å². The molecule has 8 heteroatoms. The number of alkyl halides is 1. The smallest absolute Gasteiger partial charge is 0.264 e. The van der Waals surface area contributed by atoms with Crippen LogP contribution in [0, 0.1) is 11.3 Å². The maximum atomic E-state index is 13.3. The second-order valence-electron chi connectivity index (χ2n) is 3.65. The van der Waals surface area contributed by atoms with Crippen LogP contribution < -0.4 is 4.74 Å². The summed E-state index contributed by atoms with van der Waals surface area (Å²) in [4.78, 5) is 0. The predicted octanol–water partition coefficient (Wildman–Crippen LogP) is 1.90. The maximum Gasteiger partial charge on any atom is 0.264 e. The van der Waals surface area contributed by atoms with Crippen molar-refractivity contribution in [2.45, 2.75) is 6.17 Å². The SMILES string of the molecule is CS(=O)(=O)OC[C@H](F)COc1ccc(Cl)cc1C#N. The molecule has 0 saturated heterocycles. The van der Waals surface area contributed by atoms with E-state index >= 15 is 0 Å². The topological polar surface area (TPSA) is 76.4 Å². The summed E-state index contributed by atoms with van der Waals surface area (Å²) in [5.41, 5.74) is 0.170. The Morgan fingerprint density at radius 2 is 2.16 bits per heavy atom. The Morgan fingerprint density at radius 1 is 1.47 bits per heavy atom. The number of nitrogens with zero attached hydrogens (tertiary/aromatic N) is 1. The number of nitriles is 1. The molecular weight excluding hydrogens is 297 g/mol. The quantitative estimate of drug-likeness (QED) is 0.750. The molecule has 0 fully saturated rings. The lowest BCUT2D eigenvalue weighted by molar-refractivity contribution is 0.138. The molecule has 0 aromatic heterocycles. The van der Waals surface area contributed by atoms with Crippen molar-refractivity contribution < 1.29 is 21.7 Å². The van der Waals surface area contributed by atoms with Gasteiger partial charge in [-0.25, -0.2) is 4.39 Å². The third-order valence-electron chi connectivity index (χ3n) is 1.94. The first-order valence-electron chi connectivity index (χ1n) is 5.13. The van der Waals surface area contributed by atoms with E-state index < -0.39 is 29.5 Å². The molecule has 0 amide bonds. The van der Waals surface area contributed by atoms with Crippen molar-refractivity contribution in [1.29, 1.82) is 5.26 Å². The van der Waals surface area contributed by atoms with Crippen molar-refractivity contribution in [3.8, 4) is 11.8 Å². The minimum Gasteiger partial charge on any atom is -0.489 e. The fraction of sp³-hybridized carbons (Fsp3) is 0.364. The van der Waals surface area contributed by atoms with Crippen LogP contribution in [0.5, 0.6) is 5.75 Å². The summed E-state index contributed by atoms with van der Waals surface area (Å²) >= 11 is 5.69. The third kappa shape index (κ3) is 5.87. The van der Waals surface area contributed by atoms with Gasteiger partial charge < -0.3 is 4.74 Å². The lowest BCUT2D eigenvalue weighted by Gasteiger charge is -2.11. The zero-order valence-electron chi connectivity index (χ0n) is 9.97. The highest BCUT2D eigenvalue weighted by Crippen LogP contribution is 2.22. The standard InChI is InChI=1S/C11H11ClFNO4S/c1-19(15,16)18-7-10(13)6-17-11-3-2-9(12)4-8(11)5-14/h2-4,10H,6-7H2,1H3/t10-/m1/s1. The van der Waals surface area contributed by atoms with Crippen LogP contribution in [0.2, 0.25) is 5.02 Å². The number of rotatable bonds is 6. The summed E-state index contributed by atoms with van der Waals surface area (Å²) in [6.07, 6.45) is -0.801. The molecule has 1 aromatic rings. The summed E-state index contributed by atoms with van der Waals surface area (Å²) in [7, 11) is -3.69. The summed E-state index contributed by atoms with van der Waals surface area (Å²) in [5, 5.41) is 9.19. The molecular formula is C11H11ClFNO4S. The molecule has 19 heavy (non-hydrogen) atoms. The molecule has 0 radical (unpaired) electrons. The Balaban J connectivity index is 2.55. The Morgan fingerprint density at radius 3 is 2.74 bits per heavy atom. The van der Waals surface area contributed by atoms with Crippen LogP contribution in [-0.2, 0) is 14.3 Å². The molecule has 1 atom stereocenters. The van der Waals surface area contributed by atoms with Crippen LogP contribution in [0.3, 0.4) is 0 Å². The molecule has 0 saturated carbocycles. The zero-order valence-corrected chi connectivity index (χ0v) is 11.5. The van der Waals surface area contributed by atoms with Crippen LogP contribution >= 0.6 is 11.6 Å². The van der Waals surface area contributed by atoms with Crippen LogP contribution in [0.15, 0.2) is 18.2 Å². The predicted molar refractivity (Wildman–Crippen MR) is 67.4 cm³/mol. The lowest BCUT2D eigenvalue weighted by atomic mass is 10.2.